The second-order valence-corrected chi connectivity index (χ2v) is 8.69. The molecule has 1 aliphatic heterocycles. The first-order chi connectivity index (χ1) is 12.5. The van der Waals surface area contributed by atoms with Crippen LogP contribution >= 0.6 is 0 Å². The first kappa shape index (κ1) is 18.8. The second kappa shape index (κ2) is 8.11. The highest BCUT2D eigenvalue weighted by molar-refractivity contribution is 7.86. The standard InChI is InChI=1S/C18H24N4O3S/c1-21(2)26(23,24)22-10-8-15(9-11-22)13-25-18-12-17(19-14-20-18)16-6-4-3-5-7-16/h3-7,12,14-15H,8-11,13H2,1-2H3. The molecule has 1 aromatic heterocycles. The van der Waals surface area contributed by atoms with Gasteiger partial charge >= 0.3 is 0 Å². The molecule has 0 atom stereocenters. The van der Waals surface area contributed by atoms with Crippen LogP contribution in [0.15, 0.2) is 42.7 Å². The van der Waals surface area contributed by atoms with Crippen LogP contribution in [0.4, 0.5) is 0 Å². The van der Waals surface area contributed by atoms with Gasteiger partial charge in [-0.1, -0.05) is 30.3 Å². The Hall–Kier alpha value is -2.03. The zero-order chi connectivity index (χ0) is 18.6. The Labute approximate surface area is 154 Å². The van der Waals surface area contributed by atoms with E-state index in [1.54, 1.807) is 14.1 Å². The molecule has 2 aromatic rings. The third kappa shape index (κ3) is 4.38. The lowest BCUT2D eigenvalue weighted by molar-refractivity contribution is 0.178. The number of aromatic nitrogens is 2. The van der Waals surface area contributed by atoms with Gasteiger partial charge in [-0.25, -0.2) is 9.97 Å². The summed E-state index contributed by atoms with van der Waals surface area (Å²) in [4.78, 5) is 8.47. The molecule has 26 heavy (non-hydrogen) atoms. The topological polar surface area (TPSA) is 75.6 Å². The minimum absolute atomic E-state index is 0.318. The van der Waals surface area contributed by atoms with Gasteiger partial charge in [0.2, 0.25) is 5.88 Å². The van der Waals surface area contributed by atoms with Crippen molar-refractivity contribution in [2.45, 2.75) is 12.8 Å². The van der Waals surface area contributed by atoms with E-state index in [9.17, 15) is 8.42 Å². The van der Waals surface area contributed by atoms with Crippen LogP contribution in [0.1, 0.15) is 12.8 Å². The van der Waals surface area contributed by atoms with Crippen molar-refractivity contribution < 1.29 is 13.2 Å². The van der Waals surface area contributed by atoms with Gasteiger partial charge in [-0.2, -0.15) is 17.0 Å². The lowest BCUT2D eigenvalue weighted by Gasteiger charge is -2.32. The number of piperidine rings is 1. The Balaban J connectivity index is 1.55. The van der Waals surface area contributed by atoms with Crippen LogP contribution in [0.5, 0.6) is 5.88 Å². The van der Waals surface area contributed by atoms with Crippen molar-refractivity contribution in [3.8, 4) is 17.1 Å². The summed E-state index contributed by atoms with van der Waals surface area (Å²) < 4.78 is 32.9. The fourth-order valence-electron chi connectivity index (χ4n) is 2.93. The summed E-state index contributed by atoms with van der Waals surface area (Å²) in [7, 11) is -0.203. The van der Waals surface area contributed by atoms with Crippen molar-refractivity contribution in [1.82, 2.24) is 18.6 Å². The molecule has 1 aromatic carbocycles. The molecular weight excluding hydrogens is 352 g/mol. The number of hydrogen-bond acceptors (Lipinski definition) is 5. The van der Waals surface area contributed by atoms with E-state index in [0.717, 1.165) is 24.1 Å². The summed E-state index contributed by atoms with van der Waals surface area (Å²) in [5.41, 5.74) is 1.84. The maximum atomic E-state index is 12.1. The third-order valence-corrected chi connectivity index (χ3v) is 6.48. The largest absolute Gasteiger partial charge is 0.477 e. The van der Waals surface area contributed by atoms with Gasteiger partial charge in [0.25, 0.3) is 10.2 Å². The van der Waals surface area contributed by atoms with E-state index in [4.69, 9.17) is 4.74 Å². The number of nitrogens with zero attached hydrogens (tertiary/aromatic N) is 4. The highest BCUT2D eigenvalue weighted by Crippen LogP contribution is 2.23. The molecule has 140 valence electrons. The first-order valence-electron chi connectivity index (χ1n) is 8.64. The van der Waals surface area contributed by atoms with Gasteiger partial charge in [0.1, 0.15) is 6.33 Å². The van der Waals surface area contributed by atoms with Gasteiger partial charge in [-0.3, -0.25) is 0 Å². The predicted molar refractivity (Wildman–Crippen MR) is 99.9 cm³/mol. The summed E-state index contributed by atoms with van der Waals surface area (Å²) in [5.74, 6) is 0.862. The van der Waals surface area contributed by atoms with Crippen molar-refractivity contribution in [3.63, 3.8) is 0 Å². The molecule has 1 saturated heterocycles. The fraction of sp³-hybridized carbons (Fsp3) is 0.444. The fourth-order valence-corrected chi connectivity index (χ4v) is 4.06. The lowest BCUT2D eigenvalue weighted by Crippen LogP contribution is -2.45. The molecule has 2 heterocycles. The molecule has 1 aliphatic rings. The van der Waals surface area contributed by atoms with Gasteiger partial charge in [-0.15, -0.1) is 0 Å². The zero-order valence-corrected chi connectivity index (χ0v) is 15.9. The molecule has 7 nitrogen and oxygen atoms in total. The Bertz CT molecular complexity index is 819. The van der Waals surface area contributed by atoms with Gasteiger partial charge in [-0.05, 0) is 18.8 Å². The van der Waals surface area contributed by atoms with Crippen molar-refractivity contribution in [1.29, 1.82) is 0 Å². The minimum atomic E-state index is -3.32. The van der Waals surface area contributed by atoms with Crippen LogP contribution in [-0.4, -0.2) is 60.8 Å². The molecule has 8 heteroatoms. The maximum Gasteiger partial charge on any atom is 0.281 e. The van der Waals surface area contributed by atoms with E-state index < -0.39 is 10.2 Å². The number of ether oxygens (including phenoxy) is 1. The van der Waals surface area contributed by atoms with Crippen LogP contribution in [0.3, 0.4) is 0 Å². The summed E-state index contributed by atoms with van der Waals surface area (Å²) in [6, 6.07) is 11.7. The van der Waals surface area contributed by atoms with Crippen LogP contribution in [0, 0.1) is 5.92 Å². The molecular formula is C18H24N4O3S. The van der Waals surface area contributed by atoms with E-state index in [-0.39, 0.29) is 0 Å². The SMILES string of the molecule is CN(C)S(=O)(=O)N1CCC(COc2cc(-c3ccccc3)ncn2)CC1. The molecule has 0 unspecified atom stereocenters. The van der Waals surface area contributed by atoms with Crippen LogP contribution in [0.25, 0.3) is 11.3 Å². The average Bonchev–Trinajstić information content (AvgIpc) is 2.67. The molecule has 0 aliphatic carbocycles. The van der Waals surface area contributed by atoms with Crippen molar-refractivity contribution in [3.05, 3.63) is 42.7 Å². The highest BCUT2D eigenvalue weighted by atomic mass is 32.2. The van der Waals surface area contributed by atoms with E-state index in [1.165, 1.54) is 14.9 Å². The smallest absolute Gasteiger partial charge is 0.281 e. The summed E-state index contributed by atoms with van der Waals surface area (Å²) in [6.07, 6.45) is 3.07. The van der Waals surface area contributed by atoms with E-state index in [0.29, 0.717) is 31.5 Å². The van der Waals surface area contributed by atoms with Gasteiger partial charge in [0, 0.05) is 38.8 Å². The number of benzene rings is 1. The molecule has 1 fully saturated rings. The summed E-state index contributed by atoms with van der Waals surface area (Å²) in [5, 5.41) is 0. The Kier molecular flexibility index (Phi) is 5.85. The summed E-state index contributed by atoms with van der Waals surface area (Å²) >= 11 is 0. The lowest BCUT2D eigenvalue weighted by atomic mass is 9.99. The summed E-state index contributed by atoms with van der Waals surface area (Å²) in [6.45, 7) is 1.57. The predicted octanol–water partition coefficient (Wildman–Crippen LogP) is 2.04. The molecule has 0 spiro atoms. The second-order valence-electron chi connectivity index (χ2n) is 6.55. The van der Waals surface area contributed by atoms with E-state index >= 15 is 0 Å². The van der Waals surface area contributed by atoms with Crippen molar-refractivity contribution >= 4 is 10.2 Å². The van der Waals surface area contributed by atoms with Crippen molar-refractivity contribution in [2.24, 2.45) is 5.92 Å². The molecule has 0 saturated carbocycles. The zero-order valence-electron chi connectivity index (χ0n) is 15.1. The Morgan fingerprint density at radius 3 is 2.50 bits per heavy atom. The van der Waals surface area contributed by atoms with Gasteiger partial charge in [0.05, 0.1) is 12.3 Å². The Morgan fingerprint density at radius 1 is 1.15 bits per heavy atom. The van der Waals surface area contributed by atoms with Crippen LogP contribution in [0.2, 0.25) is 0 Å². The molecule has 0 bridgehead atoms. The van der Waals surface area contributed by atoms with E-state index in [2.05, 4.69) is 9.97 Å². The monoisotopic (exact) mass is 376 g/mol. The highest BCUT2D eigenvalue weighted by Gasteiger charge is 2.29. The third-order valence-electron chi connectivity index (χ3n) is 4.54. The van der Waals surface area contributed by atoms with Gasteiger partial charge in [0.15, 0.2) is 0 Å². The molecule has 0 amide bonds. The van der Waals surface area contributed by atoms with Gasteiger partial charge < -0.3 is 4.74 Å². The average molecular weight is 376 g/mol. The first-order valence-corrected chi connectivity index (χ1v) is 10.0. The van der Waals surface area contributed by atoms with Crippen LogP contribution < -0.4 is 4.74 Å². The number of hydrogen-bond donors (Lipinski definition) is 0. The number of rotatable bonds is 6. The minimum Gasteiger partial charge on any atom is -0.477 e. The van der Waals surface area contributed by atoms with E-state index in [1.807, 2.05) is 36.4 Å². The molecule has 3 rings (SSSR count). The quantitative estimate of drug-likeness (QED) is 0.771. The maximum absolute atomic E-state index is 12.1. The normalized spacial score (nSPS) is 16.7. The van der Waals surface area contributed by atoms with Crippen molar-refractivity contribution in [2.75, 3.05) is 33.8 Å². The Morgan fingerprint density at radius 2 is 1.85 bits per heavy atom. The molecule has 0 radical (unpaired) electrons. The molecule has 0 N–H and O–H groups in total. The van der Waals surface area contributed by atoms with Crippen LogP contribution in [-0.2, 0) is 10.2 Å².